The molecule has 0 bridgehead atoms. The Labute approximate surface area is 487 Å². The van der Waals surface area contributed by atoms with Crippen LogP contribution < -0.4 is 0 Å². The first-order valence-corrected chi connectivity index (χ1v) is 32.9. The van der Waals surface area contributed by atoms with Crippen molar-refractivity contribution in [3.8, 4) is 0 Å². The topological polar surface area (TPSA) is 155 Å². The minimum absolute atomic E-state index is 0.0806. The molecule has 0 spiro atoms. The number of carbonyl (C=O) groups excluding carboxylic acids is 3. The Hall–Kier alpha value is -4.12. The van der Waals surface area contributed by atoms with Crippen molar-refractivity contribution in [1.82, 2.24) is 0 Å². The Morgan fingerprint density at radius 2 is 0.650 bits per heavy atom. The van der Waals surface area contributed by atoms with Crippen LogP contribution in [-0.2, 0) is 42.2 Å². The van der Waals surface area contributed by atoms with Crippen molar-refractivity contribution in [2.45, 2.75) is 264 Å². The average molecular weight is 1140 g/mol. The smallest absolute Gasteiger partial charge is 0.462 e. The number of aliphatic hydroxyl groups is 1. The van der Waals surface area contributed by atoms with Crippen LogP contribution in [-0.4, -0.2) is 66.5 Å². The Balaban J connectivity index is 4.82. The van der Waals surface area contributed by atoms with E-state index < -0.39 is 57.8 Å². The summed E-state index contributed by atoms with van der Waals surface area (Å²) in [6.45, 7) is 4.31. The van der Waals surface area contributed by atoms with Crippen LogP contribution in [0, 0.1) is 0 Å². The fourth-order valence-electron chi connectivity index (χ4n) is 8.19. The molecule has 0 rings (SSSR count). The number of phosphoric acid groups is 1. The number of carbonyl (C=O) groups is 3. The fourth-order valence-corrected chi connectivity index (χ4v) is 8.98. The molecular formula is C68H113O11P. The Kier molecular flexibility index (Phi) is 57.8. The average Bonchev–Trinajstić information content (AvgIpc) is 3.45. The van der Waals surface area contributed by atoms with E-state index in [1.807, 2.05) is 24.3 Å². The lowest BCUT2D eigenvalue weighted by atomic mass is 10.0. The second kappa shape index (κ2) is 61.0. The summed E-state index contributed by atoms with van der Waals surface area (Å²) in [5.41, 5.74) is 0. The number of rotatable bonds is 57. The third kappa shape index (κ3) is 58.5. The molecule has 11 nitrogen and oxygen atoms in total. The van der Waals surface area contributed by atoms with Crippen LogP contribution in [0.2, 0.25) is 0 Å². The van der Waals surface area contributed by atoms with Crippen molar-refractivity contribution < 1.29 is 52.2 Å². The normalized spacial score (nSPS) is 14.1. The highest BCUT2D eigenvalue weighted by Gasteiger charge is 2.28. The molecule has 0 amide bonds. The summed E-state index contributed by atoms with van der Waals surface area (Å²) in [6.07, 6.45) is 76.0. The number of allylic oxidation sites excluding steroid dienone is 20. The molecule has 0 aliphatic heterocycles. The first-order valence-electron chi connectivity index (χ1n) is 31.4. The molecule has 0 fully saturated rings. The summed E-state index contributed by atoms with van der Waals surface area (Å²) < 4.78 is 39.5. The minimum Gasteiger partial charge on any atom is -0.462 e. The molecule has 0 aromatic rings. The number of phosphoric ester groups is 1. The second-order valence-electron chi connectivity index (χ2n) is 20.5. The molecule has 0 saturated heterocycles. The van der Waals surface area contributed by atoms with Crippen molar-refractivity contribution in [3.05, 3.63) is 122 Å². The van der Waals surface area contributed by atoms with Crippen LogP contribution in [0.25, 0.3) is 0 Å². The Morgan fingerprint density at radius 1 is 0.362 bits per heavy atom. The van der Waals surface area contributed by atoms with Gasteiger partial charge >= 0.3 is 25.7 Å². The maximum atomic E-state index is 12.9. The predicted molar refractivity (Wildman–Crippen MR) is 334 cm³/mol. The second-order valence-corrected chi connectivity index (χ2v) is 21.9. The molecule has 0 aliphatic rings. The van der Waals surface area contributed by atoms with Gasteiger partial charge in [-0.3, -0.25) is 23.4 Å². The molecule has 0 aromatic carbocycles. The summed E-state index contributed by atoms with van der Waals surface area (Å²) in [5.74, 6) is -1.60. The number of esters is 3. The van der Waals surface area contributed by atoms with Gasteiger partial charge < -0.3 is 24.2 Å². The summed E-state index contributed by atoms with van der Waals surface area (Å²) in [6, 6.07) is 0. The summed E-state index contributed by atoms with van der Waals surface area (Å²) in [7, 11) is -4.79. The van der Waals surface area contributed by atoms with E-state index in [9.17, 15) is 28.9 Å². The van der Waals surface area contributed by atoms with Gasteiger partial charge in [0, 0.05) is 19.3 Å². The molecule has 0 aromatic heterocycles. The lowest BCUT2D eigenvalue weighted by molar-refractivity contribution is -0.161. The zero-order valence-electron chi connectivity index (χ0n) is 50.5. The van der Waals surface area contributed by atoms with Crippen molar-refractivity contribution in [3.63, 3.8) is 0 Å². The molecule has 0 saturated carbocycles. The van der Waals surface area contributed by atoms with Crippen LogP contribution in [0.5, 0.6) is 0 Å². The van der Waals surface area contributed by atoms with Gasteiger partial charge in [0.15, 0.2) is 6.10 Å². The first-order chi connectivity index (χ1) is 39.2. The zero-order chi connectivity index (χ0) is 58.3. The van der Waals surface area contributed by atoms with E-state index in [1.54, 1.807) is 0 Å². The lowest BCUT2D eigenvalue weighted by Gasteiger charge is -2.21. The number of aliphatic hydroxyl groups excluding tert-OH is 1. The summed E-state index contributed by atoms with van der Waals surface area (Å²) in [5, 5.41) is 9.83. The maximum absolute atomic E-state index is 12.9. The van der Waals surface area contributed by atoms with E-state index in [0.29, 0.717) is 32.1 Å². The van der Waals surface area contributed by atoms with Gasteiger partial charge in [-0.1, -0.05) is 258 Å². The lowest BCUT2D eigenvalue weighted by Crippen LogP contribution is -2.30. The maximum Gasteiger partial charge on any atom is 0.472 e. The van der Waals surface area contributed by atoms with Crippen LogP contribution in [0.15, 0.2) is 122 Å². The first kappa shape index (κ1) is 75.9. The molecule has 0 aliphatic carbocycles. The van der Waals surface area contributed by atoms with E-state index >= 15 is 0 Å². The van der Waals surface area contributed by atoms with Gasteiger partial charge in [-0.2, -0.15) is 0 Å². The summed E-state index contributed by atoms with van der Waals surface area (Å²) >= 11 is 0. The van der Waals surface area contributed by atoms with Gasteiger partial charge in [-0.05, 0) is 96.3 Å². The zero-order valence-corrected chi connectivity index (χ0v) is 51.4. The van der Waals surface area contributed by atoms with Crippen molar-refractivity contribution in [1.29, 1.82) is 0 Å². The van der Waals surface area contributed by atoms with Gasteiger partial charge in [0.05, 0.1) is 19.8 Å². The standard InChI is InChI=1S/C68H113O11P/c1-4-7-10-13-16-19-22-25-28-31-32-35-36-39-42-45-48-51-54-57-66(70)75-61-65(79-68(72)59-56-53-50-47-44-41-38-34-30-27-24-21-18-15-12-9-6-3)63-77-80(73,74)76-62-64(60-69)78-67(71)58-55-52-49-46-43-40-37-33-29-26-23-20-17-14-11-8-5-2/h8-9,11-12,17-18,20-21,26-27,29-30,37-38,40-41,46-47,49-50,64-65,69H,4-7,10,13-16,19,22-25,28,31-36,39,42-45,48,51-63H2,1-3H3,(H,73,74)/b11-8-,12-9-,20-17-,21-18-,29-26-,30-27-,40-37-,41-38-,49-46-,50-47-. The number of ether oxygens (including phenoxy) is 3. The number of hydrogen-bond donors (Lipinski definition) is 2. The van der Waals surface area contributed by atoms with Crippen molar-refractivity contribution in [2.24, 2.45) is 0 Å². The fraction of sp³-hybridized carbons (Fsp3) is 0.662. The van der Waals surface area contributed by atoms with Gasteiger partial charge in [-0.15, -0.1) is 0 Å². The van der Waals surface area contributed by atoms with Gasteiger partial charge in [0.1, 0.15) is 12.7 Å². The molecule has 0 heterocycles. The monoisotopic (exact) mass is 1140 g/mol. The number of unbranched alkanes of at least 4 members (excludes halogenated alkanes) is 20. The van der Waals surface area contributed by atoms with Crippen LogP contribution in [0.1, 0.15) is 252 Å². The molecular weight excluding hydrogens is 1020 g/mol. The highest BCUT2D eigenvalue weighted by molar-refractivity contribution is 7.47. The van der Waals surface area contributed by atoms with E-state index in [0.717, 1.165) is 83.5 Å². The quantitative estimate of drug-likeness (QED) is 0.0197. The van der Waals surface area contributed by atoms with E-state index in [2.05, 4.69) is 118 Å². The molecule has 2 N–H and O–H groups in total. The van der Waals surface area contributed by atoms with Crippen LogP contribution >= 0.6 is 7.82 Å². The molecule has 3 atom stereocenters. The SMILES string of the molecule is CC/C=C\C/C=C\C/C=C\C/C=C\C/C=C\CCCC(=O)OC(CO)COP(=O)(O)OCC(COC(=O)CCCCCCCCCCCCCCCCCCCCC)OC(=O)CCC/C=C\C/C=C\C/C=C\C/C=C\C/C=C\CC. The molecule has 3 unspecified atom stereocenters. The molecule has 12 heteroatoms. The third-order valence-corrected chi connectivity index (χ3v) is 13.8. The van der Waals surface area contributed by atoms with Crippen molar-refractivity contribution in [2.75, 3.05) is 26.4 Å². The molecule has 80 heavy (non-hydrogen) atoms. The van der Waals surface area contributed by atoms with Crippen LogP contribution in [0.4, 0.5) is 0 Å². The molecule has 0 radical (unpaired) electrons. The van der Waals surface area contributed by atoms with Gasteiger partial charge in [-0.25, -0.2) is 4.57 Å². The van der Waals surface area contributed by atoms with E-state index in [-0.39, 0.29) is 25.9 Å². The van der Waals surface area contributed by atoms with Gasteiger partial charge in [0.25, 0.3) is 0 Å². The predicted octanol–water partition coefficient (Wildman–Crippen LogP) is 19.1. The van der Waals surface area contributed by atoms with Crippen molar-refractivity contribution >= 4 is 25.7 Å². The Bertz CT molecular complexity index is 1800. The summed E-state index contributed by atoms with van der Waals surface area (Å²) in [4.78, 5) is 48.7. The van der Waals surface area contributed by atoms with Crippen LogP contribution in [0.3, 0.4) is 0 Å². The largest absolute Gasteiger partial charge is 0.472 e. The van der Waals surface area contributed by atoms with E-state index in [4.69, 9.17) is 23.3 Å². The highest BCUT2D eigenvalue weighted by atomic mass is 31.2. The highest BCUT2D eigenvalue weighted by Crippen LogP contribution is 2.43. The third-order valence-electron chi connectivity index (χ3n) is 12.9. The Morgan fingerprint density at radius 3 is 0.988 bits per heavy atom. The van der Waals surface area contributed by atoms with Gasteiger partial charge in [0.2, 0.25) is 0 Å². The molecule has 456 valence electrons. The minimum atomic E-state index is -4.79. The number of hydrogen-bond acceptors (Lipinski definition) is 10. The van der Waals surface area contributed by atoms with E-state index in [1.165, 1.54) is 96.3 Å².